The summed E-state index contributed by atoms with van der Waals surface area (Å²) in [7, 11) is -4.87. The standard InChI is InChI=1S/C8H10N10O4S5/c1-17-5(24-7(15-17)26(9,19)20)11-3-13-14-4(23-3)12-6-18(2)16-8(25-6)27(10,21)22/h1-2H3,(H2,9,19,20)(H2,10,21,22)/b11-5-,12-6-. The van der Waals surface area contributed by atoms with Crippen molar-refractivity contribution in [1.82, 2.24) is 29.8 Å². The molecule has 0 spiro atoms. The first-order valence-corrected chi connectivity index (χ1v) is 12.0. The molecule has 4 N–H and O–H groups in total. The zero-order chi connectivity index (χ0) is 20.0. The molecule has 0 amide bonds. The average Bonchev–Trinajstić information content (AvgIpc) is 3.21. The largest absolute Gasteiger partial charge is 0.267 e. The first-order valence-electron chi connectivity index (χ1n) is 6.50. The molecule has 0 aliphatic carbocycles. The van der Waals surface area contributed by atoms with Gasteiger partial charge in [0.25, 0.3) is 20.0 Å². The van der Waals surface area contributed by atoms with Crippen LogP contribution < -0.4 is 19.9 Å². The maximum absolute atomic E-state index is 11.3. The number of rotatable bonds is 4. The van der Waals surface area contributed by atoms with Gasteiger partial charge in [-0.3, -0.25) is 0 Å². The van der Waals surface area contributed by atoms with Gasteiger partial charge in [-0.2, -0.15) is 9.98 Å². The highest BCUT2D eigenvalue weighted by Gasteiger charge is 2.16. The number of hydrogen-bond acceptors (Lipinski definition) is 13. The van der Waals surface area contributed by atoms with Gasteiger partial charge in [0.15, 0.2) is 0 Å². The molecule has 19 heteroatoms. The Bertz CT molecular complexity index is 1250. The van der Waals surface area contributed by atoms with Gasteiger partial charge in [-0.15, -0.1) is 20.4 Å². The third kappa shape index (κ3) is 4.51. The summed E-state index contributed by atoms with van der Waals surface area (Å²) in [4.78, 5) is 8.78. The Morgan fingerprint density at radius 1 is 0.778 bits per heavy atom. The Labute approximate surface area is 163 Å². The van der Waals surface area contributed by atoms with Crippen molar-refractivity contribution in [2.45, 2.75) is 8.68 Å². The summed E-state index contributed by atoms with van der Waals surface area (Å²) in [5.41, 5.74) is 0. The van der Waals surface area contributed by atoms with E-state index in [-0.39, 0.29) is 28.5 Å². The topological polar surface area (TPSA) is 206 Å². The van der Waals surface area contributed by atoms with E-state index in [0.717, 1.165) is 34.0 Å². The summed E-state index contributed by atoms with van der Waals surface area (Å²) in [6, 6.07) is 0. The molecule has 3 aromatic rings. The van der Waals surface area contributed by atoms with Crippen LogP contribution in [0.2, 0.25) is 0 Å². The number of hydrogen-bond donors (Lipinski definition) is 2. The second-order valence-electron chi connectivity index (χ2n) is 4.73. The Morgan fingerprint density at radius 2 is 1.15 bits per heavy atom. The Kier molecular flexibility index (Phi) is 5.09. The SMILES string of the molecule is Cn1nc(S(N)(=O)=O)s/c1=N\c1nnc(/N=c2\sc(S(N)(=O)=O)nn2C)s1. The molecule has 146 valence electrons. The van der Waals surface area contributed by atoms with Crippen molar-refractivity contribution >= 4 is 64.3 Å². The second-order valence-corrected chi connectivity index (χ2v) is 11.0. The number of aryl methyl sites for hydroxylation is 2. The van der Waals surface area contributed by atoms with Crippen molar-refractivity contribution in [2.75, 3.05) is 0 Å². The molecule has 0 aromatic carbocycles. The van der Waals surface area contributed by atoms with Crippen LogP contribution in [0, 0.1) is 0 Å². The molecule has 14 nitrogen and oxygen atoms in total. The number of nitrogens with two attached hydrogens (primary N) is 2. The highest BCUT2D eigenvalue weighted by molar-refractivity contribution is 7.91. The van der Waals surface area contributed by atoms with Gasteiger partial charge in [-0.25, -0.2) is 36.5 Å². The molecule has 0 saturated carbocycles. The minimum Gasteiger partial charge on any atom is -0.240 e. The molecule has 0 atom stereocenters. The van der Waals surface area contributed by atoms with Crippen LogP contribution in [-0.2, 0) is 34.1 Å². The van der Waals surface area contributed by atoms with Crippen molar-refractivity contribution in [2.24, 2.45) is 34.4 Å². The van der Waals surface area contributed by atoms with E-state index < -0.39 is 20.0 Å². The molecule has 3 heterocycles. The minimum absolute atomic E-state index is 0.188. The van der Waals surface area contributed by atoms with Gasteiger partial charge in [0.1, 0.15) is 0 Å². The highest BCUT2D eigenvalue weighted by atomic mass is 32.3. The summed E-state index contributed by atoms with van der Waals surface area (Å²) < 4.78 is 47.2. The summed E-state index contributed by atoms with van der Waals surface area (Å²) in [5.74, 6) is 0. The number of sulfonamides is 2. The lowest BCUT2D eigenvalue weighted by molar-refractivity contribution is 0.589. The van der Waals surface area contributed by atoms with E-state index in [1.807, 2.05) is 0 Å². The van der Waals surface area contributed by atoms with Gasteiger partial charge in [-0.1, -0.05) is 34.0 Å². The fourth-order valence-electron chi connectivity index (χ4n) is 1.54. The van der Waals surface area contributed by atoms with Gasteiger partial charge >= 0.3 is 0 Å². The third-order valence-corrected chi connectivity index (χ3v) is 7.98. The van der Waals surface area contributed by atoms with Crippen LogP contribution in [0.5, 0.6) is 0 Å². The molecule has 3 aromatic heterocycles. The molecular weight excluding hydrogens is 460 g/mol. The van der Waals surface area contributed by atoms with Crippen LogP contribution >= 0.6 is 34.0 Å². The summed E-state index contributed by atoms with van der Waals surface area (Å²) in [6.07, 6.45) is 0. The fraction of sp³-hybridized carbons (Fsp3) is 0.250. The van der Waals surface area contributed by atoms with E-state index in [0.29, 0.717) is 0 Å². The molecule has 0 bridgehead atoms. The van der Waals surface area contributed by atoms with Crippen molar-refractivity contribution < 1.29 is 16.8 Å². The van der Waals surface area contributed by atoms with Crippen molar-refractivity contribution in [3.63, 3.8) is 0 Å². The molecule has 3 rings (SSSR count). The van der Waals surface area contributed by atoms with Gasteiger partial charge in [-0.05, 0) is 0 Å². The zero-order valence-electron chi connectivity index (χ0n) is 13.4. The minimum atomic E-state index is -3.94. The lowest BCUT2D eigenvalue weighted by Crippen LogP contribution is -2.13. The van der Waals surface area contributed by atoms with Crippen LogP contribution in [0.4, 0.5) is 10.3 Å². The van der Waals surface area contributed by atoms with Crippen LogP contribution in [-0.4, -0.2) is 46.6 Å². The first kappa shape index (κ1) is 19.9. The maximum atomic E-state index is 11.3. The van der Waals surface area contributed by atoms with Crippen LogP contribution in [0.1, 0.15) is 0 Å². The van der Waals surface area contributed by atoms with Crippen LogP contribution in [0.25, 0.3) is 0 Å². The molecule has 0 aliphatic heterocycles. The predicted molar refractivity (Wildman–Crippen MR) is 95.3 cm³/mol. The Hall–Kier alpha value is -1.90. The number of primary sulfonamides is 2. The van der Waals surface area contributed by atoms with Crippen molar-refractivity contribution in [3.8, 4) is 0 Å². The Balaban J connectivity index is 1.99. The summed E-state index contributed by atoms with van der Waals surface area (Å²) in [6.45, 7) is 0. The molecule has 0 saturated heterocycles. The molecule has 0 aliphatic rings. The number of aromatic nitrogens is 6. The molecular formula is C8H10N10O4S5. The van der Waals surface area contributed by atoms with E-state index >= 15 is 0 Å². The first-order chi connectivity index (χ1) is 12.4. The van der Waals surface area contributed by atoms with Crippen molar-refractivity contribution in [3.05, 3.63) is 9.60 Å². The lowest BCUT2D eigenvalue weighted by Gasteiger charge is -1.86. The lowest BCUT2D eigenvalue weighted by atomic mass is 11.1. The van der Waals surface area contributed by atoms with Gasteiger partial charge < -0.3 is 0 Å². The quantitative estimate of drug-likeness (QED) is 0.430. The fourth-order valence-corrected chi connectivity index (χ4v) is 5.35. The smallest absolute Gasteiger partial charge is 0.240 e. The molecule has 27 heavy (non-hydrogen) atoms. The van der Waals surface area contributed by atoms with E-state index in [4.69, 9.17) is 10.3 Å². The highest BCUT2D eigenvalue weighted by Crippen LogP contribution is 2.24. The summed E-state index contributed by atoms with van der Waals surface area (Å²) in [5, 5.41) is 25.7. The van der Waals surface area contributed by atoms with Crippen molar-refractivity contribution in [1.29, 1.82) is 0 Å². The third-order valence-electron chi connectivity index (χ3n) is 2.65. The van der Waals surface area contributed by atoms with E-state index in [2.05, 4.69) is 30.4 Å². The number of nitrogens with zero attached hydrogens (tertiary/aromatic N) is 8. The average molecular weight is 471 g/mol. The van der Waals surface area contributed by atoms with Crippen LogP contribution in [0.15, 0.2) is 18.7 Å². The Morgan fingerprint density at radius 3 is 1.44 bits per heavy atom. The molecule has 0 unspecified atom stereocenters. The van der Waals surface area contributed by atoms with E-state index in [1.165, 1.54) is 23.5 Å². The normalized spacial score (nSPS) is 14.2. The van der Waals surface area contributed by atoms with Crippen LogP contribution in [0.3, 0.4) is 0 Å². The van der Waals surface area contributed by atoms with Gasteiger partial charge in [0, 0.05) is 14.1 Å². The summed E-state index contributed by atoms with van der Waals surface area (Å²) >= 11 is 2.53. The van der Waals surface area contributed by atoms with E-state index in [9.17, 15) is 16.8 Å². The van der Waals surface area contributed by atoms with Gasteiger partial charge in [0.2, 0.25) is 28.5 Å². The zero-order valence-corrected chi connectivity index (χ0v) is 17.5. The maximum Gasteiger partial charge on any atom is 0.267 e. The molecule has 0 radical (unpaired) electrons. The molecule has 0 fully saturated rings. The second kappa shape index (κ2) is 6.92. The van der Waals surface area contributed by atoms with E-state index in [1.54, 1.807) is 0 Å². The monoisotopic (exact) mass is 470 g/mol. The predicted octanol–water partition coefficient (Wildman–Crippen LogP) is -2.11. The van der Waals surface area contributed by atoms with Gasteiger partial charge in [0.05, 0.1) is 0 Å².